The first-order chi connectivity index (χ1) is 7.14. The maximum absolute atomic E-state index is 5.80. The Bertz CT molecular complexity index is 154. The topological polar surface area (TPSA) is 79.7 Å². The van der Waals surface area contributed by atoms with E-state index in [1.54, 1.807) is 0 Å². The Morgan fingerprint density at radius 1 is 1.13 bits per heavy atom. The average molecular weight is 236 g/mol. The van der Waals surface area contributed by atoms with Gasteiger partial charge in [-0.05, 0) is 33.7 Å². The van der Waals surface area contributed by atoms with E-state index in [2.05, 4.69) is 0 Å². The molecule has 1 atom stereocenters. The van der Waals surface area contributed by atoms with Gasteiger partial charge in [-0.2, -0.15) is 0 Å². The Morgan fingerprint density at radius 3 is 2.00 bits per heavy atom. The predicted octanol–water partition coefficient (Wildman–Crippen LogP) is 0.250. The van der Waals surface area contributed by atoms with Crippen LogP contribution in [0.2, 0.25) is 0 Å². The van der Waals surface area contributed by atoms with Crippen molar-refractivity contribution in [2.75, 3.05) is 25.9 Å². The first kappa shape index (κ1) is 15.0. The fourth-order valence-electron chi connectivity index (χ4n) is 1.32. The largest absolute Gasteiger partial charge is 0.515 e. The molecule has 0 rings (SSSR count). The fourth-order valence-corrected chi connectivity index (χ4v) is 3.48. The van der Waals surface area contributed by atoms with Crippen molar-refractivity contribution in [3.63, 3.8) is 0 Å². The van der Waals surface area contributed by atoms with Gasteiger partial charge in [0.15, 0.2) is 0 Å². The molecule has 0 aliphatic rings. The molecule has 0 radical (unpaired) electrons. The first-order valence-electron chi connectivity index (χ1n) is 5.50. The zero-order valence-electron chi connectivity index (χ0n) is 9.99. The van der Waals surface area contributed by atoms with Crippen molar-refractivity contribution in [1.29, 1.82) is 0 Å². The number of nitrogens with two attached hydrogens (primary N) is 2. The highest BCUT2D eigenvalue weighted by atomic mass is 28.4. The normalized spacial score (nSPS) is 14.2. The summed E-state index contributed by atoms with van der Waals surface area (Å²) in [5.41, 5.74) is 11.1. The third-order valence-electron chi connectivity index (χ3n) is 1.93. The maximum atomic E-state index is 5.80. The molecule has 0 amide bonds. The van der Waals surface area contributed by atoms with Crippen LogP contribution in [0.1, 0.15) is 27.2 Å². The number of hydrogen-bond acceptors (Lipinski definition) is 5. The van der Waals surface area contributed by atoms with Gasteiger partial charge >= 0.3 is 8.80 Å². The maximum Gasteiger partial charge on any atom is 0.515 e. The molecule has 15 heavy (non-hydrogen) atoms. The summed E-state index contributed by atoms with van der Waals surface area (Å²) in [5.74, 6) is 0. The highest BCUT2D eigenvalue weighted by Gasteiger charge is 2.40. The van der Waals surface area contributed by atoms with E-state index in [4.69, 9.17) is 24.7 Å². The van der Waals surface area contributed by atoms with Gasteiger partial charge in [0.05, 0.1) is 6.17 Å². The molecule has 0 aromatic rings. The Balaban J connectivity index is 4.31. The Morgan fingerprint density at radius 2 is 1.67 bits per heavy atom. The fraction of sp³-hybridized carbons (Fsp3) is 1.00. The molecule has 0 aromatic carbocycles. The lowest BCUT2D eigenvalue weighted by Crippen LogP contribution is -2.54. The summed E-state index contributed by atoms with van der Waals surface area (Å²) in [6.07, 6.45) is 1.13. The second-order valence-electron chi connectivity index (χ2n) is 3.26. The summed E-state index contributed by atoms with van der Waals surface area (Å²) < 4.78 is 16.9. The van der Waals surface area contributed by atoms with E-state index < -0.39 is 8.80 Å². The van der Waals surface area contributed by atoms with Gasteiger partial charge in [0.2, 0.25) is 0 Å². The second-order valence-corrected chi connectivity index (χ2v) is 5.85. The van der Waals surface area contributed by atoms with Gasteiger partial charge in [-0.1, -0.05) is 0 Å². The van der Waals surface area contributed by atoms with Crippen LogP contribution in [0.4, 0.5) is 0 Å². The third-order valence-corrected chi connectivity index (χ3v) is 4.65. The van der Waals surface area contributed by atoms with Crippen LogP contribution in [0.25, 0.3) is 0 Å². The van der Waals surface area contributed by atoms with Crippen molar-refractivity contribution < 1.29 is 13.3 Å². The van der Waals surface area contributed by atoms with Crippen LogP contribution in [-0.4, -0.2) is 40.8 Å². The van der Waals surface area contributed by atoms with E-state index in [1.807, 2.05) is 20.8 Å². The van der Waals surface area contributed by atoms with Crippen molar-refractivity contribution in [3.8, 4) is 0 Å². The van der Waals surface area contributed by atoms with Crippen molar-refractivity contribution in [3.05, 3.63) is 0 Å². The minimum atomic E-state index is -2.65. The summed E-state index contributed by atoms with van der Waals surface area (Å²) in [5, 5.41) is 0. The lowest BCUT2D eigenvalue weighted by Gasteiger charge is -2.30. The molecule has 0 spiro atoms. The Labute approximate surface area is 93.4 Å². The van der Waals surface area contributed by atoms with Crippen LogP contribution in [0.3, 0.4) is 0 Å². The van der Waals surface area contributed by atoms with Gasteiger partial charge in [0.25, 0.3) is 0 Å². The monoisotopic (exact) mass is 236 g/mol. The predicted molar refractivity (Wildman–Crippen MR) is 62.3 cm³/mol. The van der Waals surface area contributed by atoms with Gasteiger partial charge in [-0.25, -0.2) is 0 Å². The number of hydrogen-bond donors (Lipinski definition) is 2. The van der Waals surface area contributed by atoms with Crippen LogP contribution >= 0.6 is 0 Å². The summed E-state index contributed by atoms with van der Waals surface area (Å²) in [6.45, 7) is 7.48. The van der Waals surface area contributed by atoms with E-state index in [9.17, 15) is 0 Å². The molecule has 4 N–H and O–H groups in total. The summed E-state index contributed by atoms with van der Waals surface area (Å²) in [6, 6.07) is 0. The Kier molecular flexibility index (Phi) is 8.21. The second kappa shape index (κ2) is 8.20. The van der Waals surface area contributed by atoms with Crippen LogP contribution in [0, 0.1) is 0 Å². The smallest absolute Gasteiger partial charge is 0.373 e. The molecule has 0 bridgehead atoms. The minimum absolute atomic E-state index is 0.0308. The molecule has 0 aromatic heterocycles. The summed E-state index contributed by atoms with van der Waals surface area (Å²) in [7, 11) is -2.65. The van der Waals surface area contributed by atoms with Gasteiger partial charge in [0, 0.05) is 19.3 Å². The molecule has 0 aliphatic carbocycles. The highest BCUT2D eigenvalue weighted by Crippen LogP contribution is 2.12. The lowest BCUT2D eigenvalue weighted by atomic mass is 10.3. The lowest BCUT2D eigenvalue weighted by molar-refractivity contribution is 0.0377. The molecule has 0 saturated heterocycles. The van der Waals surface area contributed by atoms with Crippen molar-refractivity contribution in [2.24, 2.45) is 11.5 Å². The number of rotatable bonds is 9. The average Bonchev–Trinajstić information content (AvgIpc) is 2.18. The van der Waals surface area contributed by atoms with E-state index in [0.29, 0.717) is 25.9 Å². The summed E-state index contributed by atoms with van der Waals surface area (Å²) >= 11 is 0. The van der Waals surface area contributed by atoms with Gasteiger partial charge in [0.1, 0.15) is 0 Å². The van der Waals surface area contributed by atoms with Crippen LogP contribution in [-0.2, 0) is 13.3 Å². The molecule has 0 fully saturated rings. The first-order valence-corrected chi connectivity index (χ1v) is 7.43. The molecule has 0 heterocycles. The molecule has 0 saturated carbocycles. The van der Waals surface area contributed by atoms with Gasteiger partial charge < -0.3 is 24.7 Å². The summed E-state index contributed by atoms with van der Waals surface area (Å²) in [4.78, 5) is 0. The van der Waals surface area contributed by atoms with Crippen LogP contribution in [0.5, 0.6) is 0 Å². The highest BCUT2D eigenvalue weighted by molar-refractivity contribution is 6.60. The standard InChI is InChI=1S/C9H24N2O3Si/c1-4-12-15(8-11,13-5-2)14-9(3)6-7-10/h9H,4-8,10-11H2,1-3H3. The molecule has 92 valence electrons. The van der Waals surface area contributed by atoms with Crippen LogP contribution in [0.15, 0.2) is 0 Å². The van der Waals surface area contributed by atoms with Crippen molar-refractivity contribution >= 4 is 8.80 Å². The molecule has 0 aliphatic heterocycles. The van der Waals surface area contributed by atoms with Gasteiger partial charge in [-0.3, -0.25) is 0 Å². The molecule has 5 nitrogen and oxygen atoms in total. The van der Waals surface area contributed by atoms with E-state index >= 15 is 0 Å². The van der Waals surface area contributed by atoms with Gasteiger partial charge in [-0.15, -0.1) is 0 Å². The molecular formula is C9H24N2O3Si. The van der Waals surface area contributed by atoms with Crippen molar-refractivity contribution in [1.82, 2.24) is 0 Å². The SMILES string of the molecule is CCO[Si](CN)(OCC)OC(C)CCN. The quantitative estimate of drug-likeness (QED) is 0.561. The third kappa shape index (κ3) is 5.60. The van der Waals surface area contributed by atoms with E-state index in [-0.39, 0.29) is 6.10 Å². The molecule has 6 heteroatoms. The van der Waals surface area contributed by atoms with E-state index in [0.717, 1.165) is 6.42 Å². The zero-order chi connectivity index (χ0) is 11.7. The van der Waals surface area contributed by atoms with E-state index in [1.165, 1.54) is 0 Å². The zero-order valence-corrected chi connectivity index (χ0v) is 11.0. The molecule has 1 unspecified atom stereocenters. The van der Waals surface area contributed by atoms with Crippen molar-refractivity contribution in [2.45, 2.75) is 33.3 Å². The minimum Gasteiger partial charge on any atom is -0.373 e. The molecular weight excluding hydrogens is 212 g/mol. The van der Waals surface area contributed by atoms with Crippen LogP contribution < -0.4 is 11.5 Å². The Hall–Kier alpha value is 0.0169.